The van der Waals surface area contributed by atoms with E-state index >= 15 is 0 Å². The molecular weight excluding hydrogens is 168 g/mol. The number of ether oxygens (including phenoxy) is 1. The van der Waals surface area contributed by atoms with E-state index in [4.69, 9.17) is 9.26 Å². The Morgan fingerprint density at radius 3 is 3.00 bits per heavy atom. The number of benzene rings is 1. The predicted molar refractivity (Wildman–Crippen MR) is 46.3 cm³/mol. The van der Waals surface area contributed by atoms with Crippen molar-refractivity contribution in [1.82, 2.24) is 10.1 Å². The zero-order valence-electron chi connectivity index (χ0n) is 7.10. The van der Waals surface area contributed by atoms with E-state index in [1.54, 1.807) is 7.11 Å². The van der Waals surface area contributed by atoms with Crippen LogP contribution < -0.4 is 4.74 Å². The monoisotopic (exact) mass is 176 g/mol. The van der Waals surface area contributed by atoms with Gasteiger partial charge in [-0.1, -0.05) is 11.2 Å². The van der Waals surface area contributed by atoms with Crippen molar-refractivity contribution < 1.29 is 9.26 Å². The van der Waals surface area contributed by atoms with Gasteiger partial charge >= 0.3 is 0 Å². The van der Waals surface area contributed by atoms with Gasteiger partial charge in [-0.25, -0.2) is 0 Å². The van der Waals surface area contributed by atoms with Crippen LogP contribution in [-0.4, -0.2) is 17.3 Å². The minimum absolute atomic E-state index is 0.499. The molecular formula is C9H8N2O2. The molecule has 0 N–H and O–H groups in total. The van der Waals surface area contributed by atoms with E-state index in [9.17, 15) is 0 Å². The number of rotatable bonds is 2. The zero-order chi connectivity index (χ0) is 9.10. The average Bonchev–Trinajstić information content (AvgIpc) is 2.71. The lowest BCUT2D eigenvalue weighted by Gasteiger charge is -1.99. The van der Waals surface area contributed by atoms with Gasteiger partial charge in [0.1, 0.15) is 5.75 Å². The molecule has 1 aromatic carbocycles. The van der Waals surface area contributed by atoms with Gasteiger partial charge in [0.15, 0.2) is 6.33 Å². The van der Waals surface area contributed by atoms with Crippen molar-refractivity contribution in [2.75, 3.05) is 7.11 Å². The maximum absolute atomic E-state index is 5.06. The van der Waals surface area contributed by atoms with E-state index in [-0.39, 0.29) is 0 Å². The van der Waals surface area contributed by atoms with Crippen LogP contribution in [-0.2, 0) is 0 Å². The van der Waals surface area contributed by atoms with Crippen molar-refractivity contribution in [1.29, 1.82) is 0 Å². The van der Waals surface area contributed by atoms with Crippen LogP contribution in [0, 0.1) is 0 Å². The lowest BCUT2D eigenvalue weighted by atomic mass is 10.2. The molecule has 0 aliphatic carbocycles. The summed E-state index contributed by atoms with van der Waals surface area (Å²) in [5.41, 5.74) is 0.858. The molecule has 2 aromatic rings. The third-order valence-electron chi connectivity index (χ3n) is 1.68. The molecule has 4 heteroatoms. The SMILES string of the molecule is COc1cccc(-c2ncno2)c1. The Morgan fingerprint density at radius 1 is 1.38 bits per heavy atom. The molecule has 0 amide bonds. The third-order valence-corrected chi connectivity index (χ3v) is 1.68. The summed E-state index contributed by atoms with van der Waals surface area (Å²) < 4.78 is 9.97. The predicted octanol–water partition coefficient (Wildman–Crippen LogP) is 1.75. The van der Waals surface area contributed by atoms with Crippen LogP contribution in [0.4, 0.5) is 0 Å². The molecule has 4 nitrogen and oxygen atoms in total. The summed E-state index contributed by atoms with van der Waals surface area (Å²) in [6.07, 6.45) is 1.37. The van der Waals surface area contributed by atoms with Crippen LogP contribution >= 0.6 is 0 Å². The fraction of sp³-hybridized carbons (Fsp3) is 0.111. The number of methoxy groups -OCH3 is 1. The van der Waals surface area contributed by atoms with Gasteiger partial charge < -0.3 is 9.26 Å². The van der Waals surface area contributed by atoms with Crippen molar-refractivity contribution in [3.8, 4) is 17.2 Å². The highest BCUT2D eigenvalue weighted by Gasteiger charge is 2.03. The van der Waals surface area contributed by atoms with Gasteiger partial charge in [0.05, 0.1) is 7.11 Å². The molecule has 0 radical (unpaired) electrons. The smallest absolute Gasteiger partial charge is 0.257 e. The molecule has 0 aliphatic heterocycles. The fourth-order valence-corrected chi connectivity index (χ4v) is 1.06. The molecule has 0 bridgehead atoms. The first kappa shape index (κ1) is 7.79. The number of hydrogen-bond donors (Lipinski definition) is 0. The average molecular weight is 176 g/mol. The lowest BCUT2D eigenvalue weighted by Crippen LogP contribution is -1.83. The van der Waals surface area contributed by atoms with Gasteiger partial charge in [-0.15, -0.1) is 0 Å². The van der Waals surface area contributed by atoms with Crippen LogP contribution in [0.3, 0.4) is 0 Å². The topological polar surface area (TPSA) is 48.2 Å². The summed E-state index contributed by atoms with van der Waals surface area (Å²) in [6, 6.07) is 7.46. The molecule has 0 unspecified atom stereocenters. The number of nitrogens with zero attached hydrogens (tertiary/aromatic N) is 2. The third kappa shape index (κ3) is 1.51. The molecule has 13 heavy (non-hydrogen) atoms. The van der Waals surface area contributed by atoms with E-state index in [1.165, 1.54) is 6.33 Å². The van der Waals surface area contributed by atoms with E-state index < -0.39 is 0 Å². The Kier molecular flexibility index (Phi) is 1.96. The van der Waals surface area contributed by atoms with E-state index in [0.717, 1.165) is 11.3 Å². The van der Waals surface area contributed by atoms with Gasteiger partial charge in [-0.3, -0.25) is 0 Å². The molecule has 1 heterocycles. The first-order chi connectivity index (χ1) is 6.40. The van der Waals surface area contributed by atoms with Gasteiger partial charge in [0.25, 0.3) is 5.89 Å². The van der Waals surface area contributed by atoms with Crippen LogP contribution in [0.1, 0.15) is 0 Å². The molecule has 1 aromatic heterocycles. The molecule has 0 saturated heterocycles. The molecule has 0 saturated carbocycles. The Hall–Kier alpha value is -1.84. The first-order valence-electron chi connectivity index (χ1n) is 3.81. The summed E-state index contributed by atoms with van der Waals surface area (Å²) in [5.74, 6) is 1.27. The highest BCUT2D eigenvalue weighted by Crippen LogP contribution is 2.20. The van der Waals surface area contributed by atoms with E-state index in [0.29, 0.717) is 5.89 Å². The maximum atomic E-state index is 5.06. The van der Waals surface area contributed by atoms with Gasteiger partial charge in [-0.2, -0.15) is 4.98 Å². The van der Waals surface area contributed by atoms with Crippen molar-refractivity contribution in [3.63, 3.8) is 0 Å². The molecule has 0 aliphatic rings. The molecule has 0 fully saturated rings. The minimum Gasteiger partial charge on any atom is -0.497 e. The van der Waals surface area contributed by atoms with Crippen LogP contribution in [0.25, 0.3) is 11.5 Å². The maximum Gasteiger partial charge on any atom is 0.257 e. The Labute approximate surface area is 75.2 Å². The number of aromatic nitrogens is 2. The second-order valence-electron chi connectivity index (χ2n) is 2.48. The normalized spacial score (nSPS) is 9.92. The molecule has 0 spiro atoms. The molecule has 2 rings (SSSR count). The Bertz CT molecular complexity index is 384. The quantitative estimate of drug-likeness (QED) is 0.699. The Morgan fingerprint density at radius 2 is 2.31 bits per heavy atom. The summed E-state index contributed by atoms with van der Waals surface area (Å²) >= 11 is 0. The molecule has 0 atom stereocenters. The zero-order valence-corrected chi connectivity index (χ0v) is 7.10. The number of hydrogen-bond acceptors (Lipinski definition) is 4. The highest BCUT2D eigenvalue weighted by molar-refractivity contribution is 5.55. The second-order valence-corrected chi connectivity index (χ2v) is 2.48. The standard InChI is InChI=1S/C9H8N2O2/c1-12-8-4-2-3-7(5-8)9-10-6-11-13-9/h2-6H,1H3. The summed E-state index contributed by atoms with van der Waals surface area (Å²) in [7, 11) is 1.62. The van der Waals surface area contributed by atoms with Crippen molar-refractivity contribution >= 4 is 0 Å². The lowest BCUT2D eigenvalue weighted by molar-refractivity contribution is 0.413. The largest absolute Gasteiger partial charge is 0.497 e. The first-order valence-corrected chi connectivity index (χ1v) is 3.81. The summed E-state index contributed by atoms with van der Waals surface area (Å²) in [5, 5.41) is 3.53. The van der Waals surface area contributed by atoms with Crippen molar-refractivity contribution in [2.45, 2.75) is 0 Å². The van der Waals surface area contributed by atoms with E-state index in [2.05, 4.69) is 10.1 Å². The van der Waals surface area contributed by atoms with E-state index in [1.807, 2.05) is 24.3 Å². The summed E-state index contributed by atoms with van der Waals surface area (Å²) in [4.78, 5) is 3.93. The second kappa shape index (κ2) is 3.26. The van der Waals surface area contributed by atoms with Crippen molar-refractivity contribution in [2.24, 2.45) is 0 Å². The Balaban J connectivity index is 2.41. The van der Waals surface area contributed by atoms with Crippen LogP contribution in [0.2, 0.25) is 0 Å². The van der Waals surface area contributed by atoms with Crippen molar-refractivity contribution in [3.05, 3.63) is 30.6 Å². The fourth-order valence-electron chi connectivity index (χ4n) is 1.06. The minimum atomic E-state index is 0.499. The van der Waals surface area contributed by atoms with Gasteiger partial charge in [-0.05, 0) is 18.2 Å². The van der Waals surface area contributed by atoms with Crippen LogP contribution in [0.5, 0.6) is 5.75 Å². The summed E-state index contributed by atoms with van der Waals surface area (Å²) in [6.45, 7) is 0. The van der Waals surface area contributed by atoms with Gasteiger partial charge in [0, 0.05) is 5.56 Å². The van der Waals surface area contributed by atoms with Crippen LogP contribution in [0.15, 0.2) is 35.1 Å². The molecule has 66 valence electrons. The van der Waals surface area contributed by atoms with Gasteiger partial charge in [0.2, 0.25) is 0 Å². The highest BCUT2D eigenvalue weighted by atomic mass is 16.5.